The Morgan fingerprint density at radius 1 is 1.07 bits per heavy atom. The predicted molar refractivity (Wildman–Crippen MR) is 114 cm³/mol. The van der Waals surface area contributed by atoms with E-state index in [2.05, 4.69) is 25.3 Å². The van der Waals surface area contributed by atoms with Gasteiger partial charge in [0.15, 0.2) is 11.3 Å². The van der Waals surface area contributed by atoms with E-state index >= 15 is 0 Å². The van der Waals surface area contributed by atoms with Gasteiger partial charge in [-0.05, 0) is 48.7 Å². The zero-order valence-electron chi connectivity index (χ0n) is 15.8. The molecule has 7 nitrogen and oxygen atoms in total. The average Bonchev–Trinajstić information content (AvgIpc) is 3.07. The van der Waals surface area contributed by atoms with Crippen molar-refractivity contribution in [1.29, 1.82) is 0 Å². The molecule has 3 N–H and O–H groups in total. The molecule has 4 aromatic rings. The van der Waals surface area contributed by atoms with Crippen LogP contribution in [0.2, 0.25) is 10.0 Å². The number of pyridine rings is 1. The summed E-state index contributed by atoms with van der Waals surface area (Å²) in [4.78, 5) is 17.4. The maximum atomic E-state index is 6.26. The number of halogens is 2. The van der Waals surface area contributed by atoms with E-state index in [0.29, 0.717) is 51.8 Å². The summed E-state index contributed by atoms with van der Waals surface area (Å²) >= 11 is 12.5. The number of rotatable bonds is 5. The molecule has 1 aromatic carbocycles. The second-order valence-electron chi connectivity index (χ2n) is 6.64. The molecule has 0 spiro atoms. The van der Waals surface area contributed by atoms with Crippen molar-refractivity contribution in [1.82, 2.24) is 19.9 Å². The van der Waals surface area contributed by atoms with E-state index in [1.165, 1.54) is 6.33 Å². The minimum absolute atomic E-state index is 0.356. The molecular formula is C20H18Cl2N6O. The molecule has 3 aromatic heterocycles. The number of anilines is 2. The Labute approximate surface area is 177 Å². The predicted octanol–water partition coefficient (Wildman–Crippen LogP) is 4.72. The molecule has 4 rings (SSSR count). The van der Waals surface area contributed by atoms with Crippen molar-refractivity contribution < 1.29 is 4.42 Å². The van der Waals surface area contributed by atoms with E-state index in [9.17, 15) is 0 Å². The highest BCUT2D eigenvalue weighted by molar-refractivity contribution is 6.36. The summed E-state index contributed by atoms with van der Waals surface area (Å²) in [6.45, 7) is 4.45. The fraction of sp³-hybridized carbons (Fsp3) is 0.200. The van der Waals surface area contributed by atoms with Crippen molar-refractivity contribution in [2.45, 2.75) is 26.8 Å². The Kier molecular flexibility index (Phi) is 5.25. The van der Waals surface area contributed by atoms with Crippen molar-refractivity contribution in [3.63, 3.8) is 0 Å². The molecule has 0 amide bonds. The fourth-order valence-corrected chi connectivity index (χ4v) is 3.71. The van der Waals surface area contributed by atoms with E-state index in [-0.39, 0.29) is 0 Å². The van der Waals surface area contributed by atoms with Crippen molar-refractivity contribution in [3.8, 4) is 0 Å². The molecule has 0 saturated carbocycles. The standard InChI is InChI=1S/C20H18Cl2N6O/c1-10-6-16(23)27-11(2)13(10)8-24-19-18-20(26-9-25-19)29-17(28-18)7-12-14(21)4-3-5-15(12)22/h3-6,9H,7-8H2,1-2H3,(H2,23,27)(H,24,25,26). The number of aryl methyl sites for hydroxylation is 2. The molecule has 0 aliphatic heterocycles. The molecule has 3 heterocycles. The molecule has 0 atom stereocenters. The summed E-state index contributed by atoms with van der Waals surface area (Å²) in [6.07, 6.45) is 1.79. The molecule has 148 valence electrons. The van der Waals surface area contributed by atoms with Crippen LogP contribution in [-0.2, 0) is 13.0 Å². The third-order valence-corrected chi connectivity index (χ3v) is 5.34. The quantitative estimate of drug-likeness (QED) is 0.473. The lowest BCUT2D eigenvalue weighted by molar-refractivity contribution is 0.535. The van der Waals surface area contributed by atoms with E-state index in [1.54, 1.807) is 18.2 Å². The van der Waals surface area contributed by atoms with E-state index < -0.39 is 0 Å². The van der Waals surface area contributed by atoms with Gasteiger partial charge >= 0.3 is 0 Å². The van der Waals surface area contributed by atoms with Gasteiger partial charge in [-0.15, -0.1) is 0 Å². The molecule has 0 radical (unpaired) electrons. The normalized spacial score (nSPS) is 11.2. The van der Waals surface area contributed by atoms with E-state index in [1.807, 2.05) is 19.9 Å². The lowest BCUT2D eigenvalue weighted by Crippen LogP contribution is -2.08. The third-order valence-electron chi connectivity index (χ3n) is 4.64. The first kappa shape index (κ1) is 19.4. The van der Waals surface area contributed by atoms with E-state index in [4.69, 9.17) is 33.4 Å². The number of nitrogens with one attached hydrogen (secondary N) is 1. The van der Waals surface area contributed by atoms with Crippen LogP contribution >= 0.6 is 23.2 Å². The monoisotopic (exact) mass is 428 g/mol. The van der Waals surface area contributed by atoms with Gasteiger partial charge in [-0.2, -0.15) is 4.98 Å². The molecule has 0 aliphatic rings. The number of nitrogens with two attached hydrogens (primary N) is 1. The van der Waals surface area contributed by atoms with Crippen molar-refractivity contribution in [2.75, 3.05) is 11.1 Å². The van der Waals surface area contributed by atoms with Gasteiger partial charge in [0.2, 0.25) is 5.89 Å². The molecule has 9 heteroatoms. The van der Waals surface area contributed by atoms with Gasteiger partial charge in [0, 0.05) is 22.3 Å². The third kappa shape index (κ3) is 3.97. The van der Waals surface area contributed by atoms with Crippen LogP contribution in [0, 0.1) is 13.8 Å². The van der Waals surface area contributed by atoms with Gasteiger partial charge in [-0.1, -0.05) is 29.3 Å². The van der Waals surface area contributed by atoms with Crippen LogP contribution in [0.25, 0.3) is 11.2 Å². The van der Waals surface area contributed by atoms with Crippen molar-refractivity contribution in [2.24, 2.45) is 0 Å². The van der Waals surface area contributed by atoms with Crippen LogP contribution in [0.3, 0.4) is 0 Å². The number of oxazole rings is 1. The maximum absolute atomic E-state index is 6.26. The maximum Gasteiger partial charge on any atom is 0.252 e. The number of nitrogens with zero attached hydrogens (tertiary/aromatic N) is 4. The average molecular weight is 429 g/mol. The highest BCUT2D eigenvalue weighted by Crippen LogP contribution is 2.28. The summed E-state index contributed by atoms with van der Waals surface area (Å²) in [5, 5.41) is 4.42. The first-order valence-electron chi connectivity index (χ1n) is 8.92. The van der Waals surface area contributed by atoms with Crippen LogP contribution in [0.4, 0.5) is 11.6 Å². The summed E-state index contributed by atoms with van der Waals surface area (Å²) < 4.78 is 5.79. The second-order valence-corrected chi connectivity index (χ2v) is 7.46. The van der Waals surface area contributed by atoms with Crippen LogP contribution < -0.4 is 11.1 Å². The number of fused-ring (bicyclic) bond motifs is 1. The SMILES string of the molecule is Cc1cc(N)nc(C)c1CNc1ncnc2oc(Cc3c(Cl)cccc3Cl)nc12. The minimum Gasteiger partial charge on any atom is -0.422 e. The van der Waals surface area contributed by atoms with Crippen molar-refractivity contribution in [3.05, 3.63) is 68.9 Å². The Bertz CT molecular complexity index is 1160. The molecule has 0 unspecified atom stereocenters. The largest absolute Gasteiger partial charge is 0.422 e. The molecule has 0 aliphatic carbocycles. The number of nitrogen functional groups attached to an aromatic ring is 1. The Hall–Kier alpha value is -2.90. The summed E-state index contributed by atoms with van der Waals surface area (Å²) in [7, 11) is 0. The summed E-state index contributed by atoms with van der Waals surface area (Å²) in [6, 6.07) is 7.21. The highest BCUT2D eigenvalue weighted by Gasteiger charge is 2.16. The van der Waals surface area contributed by atoms with Gasteiger partial charge in [0.1, 0.15) is 12.1 Å². The van der Waals surface area contributed by atoms with Crippen LogP contribution in [0.1, 0.15) is 28.3 Å². The minimum atomic E-state index is 0.356. The Morgan fingerprint density at radius 3 is 2.55 bits per heavy atom. The number of hydrogen-bond donors (Lipinski definition) is 2. The first-order valence-corrected chi connectivity index (χ1v) is 9.67. The smallest absolute Gasteiger partial charge is 0.252 e. The van der Waals surface area contributed by atoms with Crippen LogP contribution in [0.15, 0.2) is 35.0 Å². The van der Waals surface area contributed by atoms with Gasteiger partial charge < -0.3 is 15.5 Å². The van der Waals surface area contributed by atoms with Gasteiger partial charge in [-0.3, -0.25) is 0 Å². The van der Waals surface area contributed by atoms with Crippen molar-refractivity contribution >= 4 is 46.1 Å². The highest BCUT2D eigenvalue weighted by atomic mass is 35.5. The topological polar surface area (TPSA) is 103 Å². The Morgan fingerprint density at radius 2 is 1.83 bits per heavy atom. The second kappa shape index (κ2) is 7.85. The van der Waals surface area contributed by atoms with Gasteiger partial charge in [0.05, 0.1) is 6.42 Å². The van der Waals surface area contributed by atoms with E-state index in [0.717, 1.165) is 22.4 Å². The lowest BCUT2D eigenvalue weighted by Gasteiger charge is -2.11. The first-order chi connectivity index (χ1) is 13.9. The molecule has 29 heavy (non-hydrogen) atoms. The summed E-state index contributed by atoms with van der Waals surface area (Å²) in [5.41, 5.74) is 10.5. The molecule has 0 bridgehead atoms. The van der Waals surface area contributed by atoms with Crippen LogP contribution in [-0.4, -0.2) is 19.9 Å². The van der Waals surface area contributed by atoms with Crippen LogP contribution in [0.5, 0.6) is 0 Å². The zero-order valence-corrected chi connectivity index (χ0v) is 17.3. The number of hydrogen-bond acceptors (Lipinski definition) is 7. The zero-order chi connectivity index (χ0) is 20.5. The summed E-state index contributed by atoms with van der Waals surface area (Å²) in [5.74, 6) is 1.54. The molecule has 0 saturated heterocycles. The number of aromatic nitrogens is 4. The molecular weight excluding hydrogens is 411 g/mol. The Balaban J connectivity index is 1.62. The lowest BCUT2D eigenvalue weighted by atomic mass is 10.1. The molecule has 0 fully saturated rings. The number of benzene rings is 1. The fourth-order valence-electron chi connectivity index (χ4n) is 3.18. The van der Waals surface area contributed by atoms with Gasteiger partial charge in [0.25, 0.3) is 5.71 Å². The van der Waals surface area contributed by atoms with Gasteiger partial charge in [-0.25, -0.2) is 15.0 Å².